The number of thiophene rings is 1. The molecule has 8 rings (SSSR count). The van der Waals surface area contributed by atoms with Crippen molar-refractivity contribution in [1.82, 2.24) is 0 Å². The number of benzene rings is 6. The van der Waals surface area contributed by atoms with E-state index in [2.05, 4.69) is 146 Å². The molecule has 0 aliphatic heterocycles. The molecule has 6 aromatic carbocycles. The summed E-state index contributed by atoms with van der Waals surface area (Å²) in [5, 5.41) is 5.28. The lowest BCUT2D eigenvalue weighted by atomic mass is 9.82. The smallest absolute Gasteiger partial charge is 0.0640 e. The second-order valence-electron chi connectivity index (χ2n) is 11.0. The Morgan fingerprint density at radius 1 is 0.564 bits per heavy atom. The van der Waals surface area contributed by atoms with Crippen LogP contribution in [0.1, 0.15) is 25.0 Å². The van der Waals surface area contributed by atoms with Gasteiger partial charge in [-0.2, -0.15) is 0 Å². The average Bonchev–Trinajstić information content (AvgIpc) is 3.48. The molecule has 0 amide bonds. The molecule has 1 aliphatic carbocycles. The Morgan fingerprint density at radius 3 is 2.21 bits per heavy atom. The number of nitrogens with zero attached hydrogens (tertiary/aromatic N) is 1. The Kier molecular flexibility index (Phi) is 4.80. The van der Waals surface area contributed by atoms with Gasteiger partial charge in [0.1, 0.15) is 0 Å². The van der Waals surface area contributed by atoms with Crippen molar-refractivity contribution >= 4 is 59.3 Å². The summed E-state index contributed by atoms with van der Waals surface area (Å²) >= 11 is 1.89. The fraction of sp³-hybridized carbons (Fsp3) is 0.0811. The number of hydrogen-bond acceptors (Lipinski definition) is 2. The van der Waals surface area contributed by atoms with Crippen molar-refractivity contribution < 1.29 is 0 Å². The van der Waals surface area contributed by atoms with Crippen LogP contribution in [0.5, 0.6) is 0 Å². The van der Waals surface area contributed by atoms with E-state index in [0.717, 1.165) is 0 Å². The quantitative estimate of drug-likeness (QED) is 0.225. The van der Waals surface area contributed by atoms with E-state index < -0.39 is 0 Å². The van der Waals surface area contributed by atoms with Crippen LogP contribution < -0.4 is 4.90 Å². The first-order valence-electron chi connectivity index (χ1n) is 13.5. The molecule has 1 aliphatic rings. The molecule has 0 saturated heterocycles. The number of anilines is 3. The SMILES string of the molecule is CC1(C)c2ccccc2-c2ccc(N(c3ccccc3)c3cccc4c3sc3ccc5ccccc5c34)cc21. The van der Waals surface area contributed by atoms with Gasteiger partial charge in [-0.15, -0.1) is 11.3 Å². The van der Waals surface area contributed by atoms with Crippen LogP contribution in [0.15, 0.2) is 127 Å². The summed E-state index contributed by atoms with van der Waals surface area (Å²) in [5.41, 5.74) is 9.02. The lowest BCUT2D eigenvalue weighted by Crippen LogP contribution is -2.16. The van der Waals surface area contributed by atoms with Crippen molar-refractivity contribution in [3.8, 4) is 11.1 Å². The Balaban J connectivity index is 1.40. The number of hydrogen-bond donors (Lipinski definition) is 0. The first-order valence-corrected chi connectivity index (χ1v) is 14.4. The summed E-state index contributed by atoms with van der Waals surface area (Å²) in [6.45, 7) is 4.71. The highest BCUT2D eigenvalue weighted by Crippen LogP contribution is 2.52. The monoisotopic (exact) mass is 517 g/mol. The molecule has 0 bridgehead atoms. The maximum Gasteiger partial charge on any atom is 0.0640 e. The summed E-state index contributed by atoms with van der Waals surface area (Å²) < 4.78 is 2.64. The molecule has 39 heavy (non-hydrogen) atoms. The molecule has 0 spiro atoms. The highest BCUT2D eigenvalue weighted by Gasteiger charge is 2.35. The van der Waals surface area contributed by atoms with Crippen molar-refractivity contribution in [2.45, 2.75) is 19.3 Å². The maximum absolute atomic E-state index is 2.44. The average molecular weight is 518 g/mol. The van der Waals surface area contributed by atoms with Crippen LogP contribution in [0, 0.1) is 0 Å². The zero-order chi connectivity index (χ0) is 26.1. The molecule has 0 atom stereocenters. The lowest BCUT2D eigenvalue weighted by Gasteiger charge is -2.28. The molecule has 1 heterocycles. The van der Waals surface area contributed by atoms with Crippen molar-refractivity contribution in [1.29, 1.82) is 0 Å². The minimum atomic E-state index is -0.0488. The summed E-state index contributed by atoms with van der Waals surface area (Å²) in [6.07, 6.45) is 0. The van der Waals surface area contributed by atoms with Gasteiger partial charge in [0.05, 0.1) is 10.4 Å². The van der Waals surface area contributed by atoms with Crippen molar-refractivity contribution in [2.75, 3.05) is 4.90 Å². The Bertz CT molecular complexity index is 2050. The van der Waals surface area contributed by atoms with E-state index in [9.17, 15) is 0 Å². The molecule has 7 aromatic rings. The van der Waals surface area contributed by atoms with Gasteiger partial charge in [0, 0.05) is 32.3 Å². The van der Waals surface area contributed by atoms with Gasteiger partial charge < -0.3 is 4.90 Å². The molecule has 1 nitrogen and oxygen atoms in total. The van der Waals surface area contributed by atoms with Gasteiger partial charge in [-0.3, -0.25) is 0 Å². The van der Waals surface area contributed by atoms with Crippen molar-refractivity contribution in [3.05, 3.63) is 139 Å². The van der Waals surface area contributed by atoms with E-state index in [1.807, 2.05) is 11.3 Å². The highest BCUT2D eigenvalue weighted by atomic mass is 32.1. The second kappa shape index (κ2) is 8.30. The van der Waals surface area contributed by atoms with Crippen molar-refractivity contribution in [3.63, 3.8) is 0 Å². The number of fused-ring (bicyclic) bond motifs is 8. The fourth-order valence-electron chi connectivity index (χ4n) is 6.57. The first-order chi connectivity index (χ1) is 19.1. The summed E-state index contributed by atoms with van der Waals surface area (Å²) in [7, 11) is 0. The third-order valence-corrected chi connectivity index (χ3v) is 9.64. The van der Waals surface area contributed by atoms with E-state index >= 15 is 0 Å². The van der Waals surface area contributed by atoms with E-state index in [-0.39, 0.29) is 5.41 Å². The van der Waals surface area contributed by atoms with Crippen molar-refractivity contribution in [2.24, 2.45) is 0 Å². The third kappa shape index (κ3) is 3.25. The van der Waals surface area contributed by atoms with Crippen LogP contribution in [0.4, 0.5) is 17.1 Å². The van der Waals surface area contributed by atoms with E-state index in [4.69, 9.17) is 0 Å². The predicted octanol–water partition coefficient (Wildman–Crippen LogP) is 11.0. The van der Waals surface area contributed by atoms with Gasteiger partial charge in [0.25, 0.3) is 0 Å². The van der Waals surface area contributed by atoms with Crippen LogP contribution in [0.3, 0.4) is 0 Å². The number of rotatable bonds is 3. The largest absolute Gasteiger partial charge is 0.309 e. The third-order valence-electron chi connectivity index (χ3n) is 8.45. The van der Waals surface area contributed by atoms with Crippen LogP contribution >= 0.6 is 11.3 Å². The van der Waals surface area contributed by atoms with Gasteiger partial charge in [-0.25, -0.2) is 0 Å². The number of para-hydroxylation sites is 1. The van der Waals surface area contributed by atoms with E-state index in [1.165, 1.54) is 70.3 Å². The topological polar surface area (TPSA) is 3.24 Å². The minimum absolute atomic E-state index is 0.0488. The molecule has 0 unspecified atom stereocenters. The summed E-state index contributed by atoms with van der Waals surface area (Å²) in [4.78, 5) is 2.44. The molecular formula is C37H27NS. The van der Waals surface area contributed by atoms with Crippen LogP contribution in [0.2, 0.25) is 0 Å². The van der Waals surface area contributed by atoms with E-state index in [0.29, 0.717) is 0 Å². The Morgan fingerprint density at radius 2 is 1.31 bits per heavy atom. The standard InChI is InChI=1S/C37H27NS/c1-37(2)31-17-9-8-15-28(31)29-21-20-26(23-32(29)37)38(25-12-4-3-5-13-25)33-18-10-16-30-35-27-14-7-6-11-24(27)19-22-34(35)39-36(30)33/h3-23H,1-2H3. The predicted molar refractivity (Wildman–Crippen MR) is 169 cm³/mol. The molecule has 0 radical (unpaired) electrons. The van der Waals surface area contributed by atoms with Crippen LogP contribution in [-0.2, 0) is 5.41 Å². The highest BCUT2D eigenvalue weighted by molar-refractivity contribution is 7.26. The van der Waals surface area contributed by atoms with Gasteiger partial charge in [0.15, 0.2) is 0 Å². The summed E-state index contributed by atoms with van der Waals surface area (Å²) in [5.74, 6) is 0. The molecule has 0 fully saturated rings. The minimum Gasteiger partial charge on any atom is -0.309 e. The van der Waals surface area contributed by atoms with Gasteiger partial charge in [-0.05, 0) is 69.4 Å². The van der Waals surface area contributed by atoms with Gasteiger partial charge in [-0.1, -0.05) is 105 Å². The van der Waals surface area contributed by atoms with Crippen LogP contribution in [-0.4, -0.2) is 0 Å². The van der Waals surface area contributed by atoms with E-state index in [1.54, 1.807) is 0 Å². The van der Waals surface area contributed by atoms with Crippen LogP contribution in [0.25, 0.3) is 42.1 Å². The lowest BCUT2D eigenvalue weighted by molar-refractivity contribution is 0.660. The van der Waals surface area contributed by atoms with Gasteiger partial charge in [0.2, 0.25) is 0 Å². The fourth-order valence-corrected chi connectivity index (χ4v) is 7.79. The molecular weight excluding hydrogens is 490 g/mol. The second-order valence-corrected chi connectivity index (χ2v) is 12.0. The molecule has 186 valence electrons. The van der Waals surface area contributed by atoms with Gasteiger partial charge >= 0.3 is 0 Å². The molecule has 0 N–H and O–H groups in total. The molecule has 1 aromatic heterocycles. The maximum atomic E-state index is 2.44. The molecule has 2 heteroatoms. The summed E-state index contributed by atoms with van der Waals surface area (Å²) in [6, 6.07) is 46.8. The molecule has 0 saturated carbocycles. The first kappa shape index (κ1) is 22.6. The Hall–Kier alpha value is -4.40. The zero-order valence-electron chi connectivity index (χ0n) is 22.0. The zero-order valence-corrected chi connectivity index (χ0v) is 22.8. The normalized spacial score (nSPS) is 13.6. The Labute approximate surface area is 232 Å².